The van der Waals surface area contributed by atoms with Gasteiger partial charge in [0.1, 0.15) is 6.10 Å². The summed E-state index contributed by atoms with van der Waals surface area (Å²) in [5.74, 6) is -0.399. The fourth-order valence-electron chi connectivity index (χ4n) is 2.21. The summed E-state index contributed by atoms with van der Waals surface area (Å²) >= 11 is 1.29. The Labute approximate surface area is 144 Å². The summed E-state index contributed by atoms with van der Waals surface area (Å²) in [6.07, 6.45) is -0.236. The van der Waals surface area contributed by atoms with Gasteiger partial charge in [-0.3, -0.25) is 4.79 Å². The number of ether oxygens (including phenoxy) is 1. The number of halogens is 3. The molecule has 0 bridgehead atoms. The normalized spacial score (nSPS) is 15.4. The Bertz CT molecular complexity index is 638. The third kappa shape index (κ3) is 6.74. The Morgan fingerprint density at radius 1 is 1.33 bits per heavy atom. The number of rotatable bonds is 6. The topological polar surface area (TPSA) is 26.3 Å². The summed E-state index contributed by atoms with van der Waals surface area (Å²) in [5, 5.41) is 1.76. The highest BCUT2D eigenvalue weighted by Crippen LogP contribution is 2.36. The Kier molecular flexibility index (Phi) is 7.48. The highest BCUT2D eigenvalue weighted by Gasteiger charge is 2.34. The average Bonchev–Trinajstić information content (AvgIpc) is 2.94. The van der Waals surface area contributed by atoms with E-state index in [1.165, 1.54) is 31.3 Å². The molecule has 0 saturated heterocycles. The maximum Gasteiger partial charge on any atom is 0.413 e. The third-order valence-electron chi connectivity index (χ3n) is 3.24. The van der Waals surface area contributed by atoms with Crippen molar-refractivity contribution in [2.24, 2.45) is 0 Å². The zero-order valence-electron chi connectivity index (χ0n) is 14.1. The van der Waals surface area contributed by atoms with Gasteiger partial charge in [0, 0.05) is 17.4 Å². The lowest BCUT2D eigenvalue weighted by molar-refractivity contribution is -0.143. The van der Waals surface area contributed by atoms with Crippen molar-refractivity contribution >= 4 is 22.9 Å². The zero-order chi connectivity index (χ0) is 18.3. The van der Waals surface area contributed by atoms with E-state index in [0.717, 1.165) is 5.57 Å². The molecule has 0 amide bonds. The molecule has 2 nitrogen and oxygen atoms in total. The highest BCUT2D eigenvalue weighted by atomic mass is 32.1. The number of thiophene rings is 1. The summed E-state index contributed by atoms with van der Waals surface area (Å²) < 4.78 is 44.8. The Morgan fingerprint density at radius 3 is 2.50 bits per heavy atom. The van der Waals surface area contributed by atoms with Crippen molar-refractivity contribution < 1.29 is 22.7 Å². The molecule has 1 unspecified atom stereocenters. The molecule has 1 heterocycles. The third-order valence-corrected chi connectivity index (χ3v) is 4.23. The fourth-order valence-corrected chi connectivity index (χ4v) is 2.97. The Morgan fingerprint density at radius 2 is 2.00 bits per heavy atom. The minimum atomic E-state index is -4.37. The van der Waals surface area contributed by atoms with Gasteiger partial charge in [-0.15, -0.1) is 11.3 Å². The van der Waals surface area contributed by atoms with Crippen molar-refractivity contribution in [2.75, 3.05) is 0 Å². The van der Waals surface area contributed by atoms with E-state index in [1.807, 2.05) is 0 Å². The second-order valence-electron chi connectivity index (χ2n) is 5.41. The number of carbonyl (C=O) groups is 1. The summed E-state index contributed by atoms with van der Waals surface area (Å²) in [6.45, 7) is 6.25. The fraction of sp³-hybridized carbons (Fsp3) is 0.389. The van der Waals surface area contributed by atoms with Crippen molar-refractivity contribution in [1.29, 1.82) is 0 Å². The molecule has 6 heteroatoms. The first-order valence-electron chi connectivity index (χ1n) is 7.44. The van der Waals surface area contributed by atoms with E-state index in [-0.39, 0.29) is 12.0 Å². The highest BCUT2D eigenvalue weighted by molar-refractivity contribution is 7.11. The van der Waals surface area contributed by atoms with Crippen LogP contribution in [0.1, 0.15) is 39.0 Å². The first-order valence-corrected chi connectivity index (χ1v) is 8.32. The van der Waals surface area contributed by atoms with Crippen LogP contribution in [-0.2, 0) is 9.53 Å². The molecule has 0 aliphatic rings. The van der Waals surface area contributed by atoms with Crippen LogP contribution in [0, 0.1) is 0 Å². The van der Waals surface area contributed by atoms with Gasteiger partial charge in [0.25, 0.3) is 0 Å². The number of alkyl halides is 3. The van der Waals surface area contributed by atoms with Gasteiger partial charge in [0.05, 0.1) is 0 Å². The number of hydrogen-bond donors (Lipinski definition) is 0. The molecular weight excluding hydrogens is 337 g/mol. The van der Waals surface area contributed by atoms with Gasteiger partial charge < -0.3 is 4.74 Å². The van der Waals surface area contributed by atoms with Gasteiger partial charge in [-0.25, -0.2) is 0 Å². The largest absolute Gasteiger partial charge is 0.459 e. The predicted molar refractivity (Wildman–Crippen MR) is 91.7 cm³/mol. The molecule has 1 atom stereocenters. The van der Waals surface area contributed by atoms with Crippen LogP contribution in [0.5, 0.6) is 0 Å². The van der Waals surface area contributed by atoms with Crippen LogP contribution >= 0.6 is 11.3 Å². The zero-order valence-corrected chi connectivity index (χ0v) is 14.9. The van der Waals surface area contributed by atoms with E-state index in [4.69, 9.17) is 4.74 Å². The number of esters is 1. The molecule has 132 valence electrons. The van der Waals surface area contributed by atoms with Crippen molar-refractivity contribution in [3.8, 4) is 0 Å². The smallest absolute Gasteiger partial charge is 0.413 e. The molecule has 0 N–H and O–H groups in total. The van der Waals surface area contributed by atoms with Crippen LogP contribution in [0.25, 0.3) is 5.57 Å². The van der Waals surface area contributed by atoms with Gasteiger partial charge in [-0.1, -0.05) is 23.8 Å². The van der Waals surface area contributed by atoms with Crippen molar-refractivity contribution in [2.45, 2.75) is 46.4 Å². The molecule has 0 saturated carbocycles. The minimum absolute atomic E-state index is 0.208. The maximum atomic E-state index is 13.3. The van der Waals surface area contributed by atoms with Crippen LogP contribution in [0.3, 0.4) is 0 Å². The summed E-state index contributed by atoms with van der Waals surface area (Å²) in [4.78, 5) is 11.5. The SMILES string of the molecule is CC(=O)OC(C)/C=C(C)\C=C/C/C(=C(\C)c1cccs1)C(F)(F)F. The summed E-state index contributed by atoms with van der Waals surface area (Å²) in [5.41, 5.74) is 0.429. The first kappa shape index (κ1) is 20.2. The quantitative estimate of drug-likeness (QED) is 0.465. The van der Waals surface area contributed by atoms with Crippen molar-refractivity contribution in [3.05, 3.63) is 51.8 Å². The maximum absolute atomic E-state index is 13.3. The predicted octanol–water partition coefficient (Wildman–Crippen LogP) is 5.93. The molecule has 0 aliphatic carbocycles. The van der Waals surface area contributed by atoms with E-state index in [2.05, 4.69) is 0 Å². The molecule has 0 radical (unpaired) electrons. The molecule has 1 aromatic heterocycles. The standard InChI is InChI=1S/C18H21F3O2S/c1-12(11-13(2)23-15(4)22)7-5-8-16(18(19,20)21)14(3)17-9-6-10-24-17/h5-7,9-11,13H,8H2,1-4H3/b7-5-,12-11-,16-14-. The van der Waals surface area contributed by atoms with Crippen molar-refractivity contribution in [1.82, 2.24) is 0 Å². The second kappa shape index (κ2) is 8.87. The van der Waals surface area contributed by atoms with Crippen LogP contribution < -0.4 is 0 Å². The second-order valence-corrected chi connectivity index (χ2v) is 6.36. The van der Waals surface area contributed by atoms with Crippen LogP contribution in [-0.4, -0.2) is 18.2 Å². The number of hydrogen-bond acceptors (Lipinski definition) is 3. The molecule has 0 fully saturated rings. The minimum Gasteiger partial charge on any atom is -0.459 e. The lowest BCUT2D eigenvalue weighted by atomic mass is 10.0. The number of carbonyl (C=O) groups excluding carboxylic acids is 1. The summed E-state index contributed by atoms with van der Waals surface area (Å²) in [6, 6.07) is 3.41. The summed E-state index contributed by atoms with van der Waals surface area (Å²) in [7, 11) is 0. The van der Waals surface area contributed by atoms with Crippen molar-refractivity contribution in [3.63, 3.8) is 0 Å². The van der Waals surface area contributed by atoms with Gasteiger partial charge >= 0.3 is 12.1 Å². The molecular formula is C18H21F3O2S. The van der Waals surface area contributed by atoms with E-state index >= 15 is 0 Å². The molecule has 0 aliphatic heterocycles. The lowest BCUT2D eigenvalue weighted by Gasteiger charge is -2.13. The lowest BCUT2D eigenvalue weighted by Crippen LogP contribution is -2.13. The molecule has 0 aromatic carbocycles. The average molecular weight is 358 g/mol. The molecule has 24 heavy (non-hydrogen) atoms. The van der Waals surface area contributed by atoms with Gasteiger partial charge in [-0.05, 0) is 50.3 Å². The van der Waals surface area contributed by atoms with Crippen LogP contribution in [0.2, 0.25) is 0 Å². The molecule has 1 aromatic rings. The van der Waals surface area contributed by atoms with E-state index in [9.17, 15) is 18.0 Å². The Hall–Kier alpha value is -1.82. The van der Waals surface area contributed by atoms with Crippen LogP contribution in [0.4, 0.5) is 13.2 Å². The van der Waals surface area contributed by atoms with Gasteiger partial charge in [0.15, 0.2) is 0 Å². The number of allylic oxidation sites excluding steroid dienone is 5. The van der Waals surface area contributed by atoms with Crippen LogP contribution in [0.15, 0.2) is 46.9 Å². The molecule has 1 rings (SSSR count). The molecule has 0 spiro atoms. The monoisotopic (exact) mass is 358 g/mol. The van der Waals surface area contributed by atoms with E-state index in [1.54, 1.807) is 43.5 Å². The van der Waals surface area contributed by atoms with E-state index < -0.39 is 23.8 Å². The van der Waals surface area contributed by atoms with E-state index in [0.29, 0.717) is 4.88 Å². The first-order chi connectivity index (χ1) is 11.1. The van der Waals surface area contributed by atoms with Gasteiger partial charge in [-0.2, -0.15) is 13.2 Å². The van der Waals surface area contributed by atoms with Gasteiger partial charge in [0.2, 0.25) is 0 Å². The Balaban J connectivity index is 2.89.